The zero-order valence-corrected chi connectivity index (χ0v) is 21.5. The van der Waals surface area contributed by atoms with Crippen LogP contribution in [0.1, 0.15) is 162 Å². The summed E-state index contributed by atoms with van der Waals surface area (Å²) in [6.07, 6.45) is 25.8. The molecule has 0 spiro atoms. The van der Waals surface area contributed by atoms with Crippen molar-refractivity contribution in [3.05, 3.63) is 0 Å². The Morgan fingerprint density at radius 3 is 1.34 bits per heavy atom. The SMILES string of the molecule is CCCCCCCCCCCCC(CCCCCCCCC)OC(=O)CCCCC(=O)O. The van der Waals surface area contributed by atoms with E-state index in [2.05, 4.69) is 13.8 Å². The highest BCUT2D eigenvalue weighted by molar-refractivity contribution is 5.70. The number of carboxylic acid groups (broad SMARTS) is 1. The van der Waals surface area contributed by atoms with E-state index >= 15 is 0 Å². The Labute approximate surface area is 199 Å². The third-order valence-electron chi connectivity index (χ3n) is 6.33. The maximum absolute atomic E-state index is 12.2. The Morgan fingerprint density at radius 1 is 0.562 bits per heavy atom. The molecule has 0 heterocycles. The average Bonchev–Trinajstić information content (AvgIpc) is 2.77. The summed E-state index contributed by atoms with van der Waals surface area (Å²) in [6.45, 7) is 4.51. The summed E-state index contributed by atoms with van der Waals surface area (Å²) in [5.41, 5.74) is 0. The van der Waals surface area contributed by atoms with Crippen molar-refractivity contribution in [3.63, 3.8) is 0 Å². The van der Waals surface area contributed by atoms with E-state index in [1.165, 1.54) is 96.3 Å². The van der Waals surface area contributed by atoms with Gasteiger partial charge in [-0.3, -0.25) is 9.59 Å². The number of aliphatic carboxylic acids is 1. The Bertz CT molecular complexity index is 422. The van der Waals surface area contributed by atoms with E-state index in [9.17, 15) is 9.59 Å². The van der Waals surface area contributed by atoms with E-state index in [4.69, 9.17) is 9.84 Å². The van der Waals surface area contributed by atoms with Crippen molar-refractivity contribution in [2.45, 2.75) is 168 Å². The van der Waals surface area contributed by atoms with Crippen LogP contribution < -0.4 is 0 Å². The second-order valence-electron chi connectivity index (χ2n) is 9.59. The first-order valence-corrected chi connectivity index (χ1v) is 14.0. The second-order valence-corrected chi connectivity index (χ2v) is 9.59. The van der Waals surface area contributed by atoms with Crippen molar-refractivity contribution in [1.82, 2.24) is 0 Å². The Hall–Kier alpha value is -1.06. The first-order chi connectivity index (χ1) is 15.6. The van der Waals surface area contributed by atoms with Crippen molar-refractivity contribution in [2.75, 3.05) is 0 Å². The number of ether oxygens (including phenoxy) is 1. The molecule has 32 heavy (non-hydrogen) atoms. The van der Waals surface area contributed by atoms with Crippen LogP contribution in [0.5, 0.6) is 0 Å². The summed E-state index contributed by atoms with van der Waals surface area (Å²) < 4.78 is 5.80. The van der Waals surface area contributed by atoms with Gasteiger partial charge in [0, 0.05) is 12.8 Å². The molecule has 0 saturated carbocycles. The summed E-state index contributed by atoms with van der Waals surface area (Å²) in [7, 11) is 0. The molecule has 0 aliphatic carbocycles. The fraction of sp³-hybridized carbons (Fsp3) is 0.929. The van der Waals surface area contributed by atoms with E-state index in [0.717, 1.165) is 25.7 Å². The number of esters is 1. The van der Waals surface area contributed by atoms with Gasteiger partial charge in [0.15, 0.2) is 0 Å². The molecule has 1 N–H and O–H groups in total. The summed E-state index contributed by atoms with van der Waals surface area (Å²) in [6, 6.07) is 0. The van der Waals surface area contributed by atoms with E-state index in [1.807, 2.05) is 0 Å². The number of hydrogen-bond acceptors (Lipinski definition) is 3. The molecule has 0 radical (unpaired) electrons. The predicted molar refractivity (Wildman–Crippen MR) is 135 cm³/mol. The maximum Gasteiger partial charge on any atom is 0.306 e. The summed E-state index contributed by atoms with van der Waals surface area (Å²) >= 11 is 0. The molecule has 0 rings (SSSR count). The van der Waals surface area contributed by atoms with Crippen LogP contribution in [0.15, 0.2) is 0 Å². The molecule has 0 saturated heterocycles. The molecule has 0 bridgehead atoms. The number of unbranched alkanes of at least 4 members (excludes halogenated alkanes) is 16. The zero-order valence-electron chi connectivity index (χ0n) is 21.5. The van der Waals surface area contributed by atoms with Crippen LogP contribution >= 0.6 is 0 Å². The fourth-order valence-electron chi connectivity index (χ4n) is 4.24. The average molecular weight is 455 g/mol. The molecule has 0 aliphatic heterocycles. The van der Waals surface area contributed by atoms with Gasteiger partial charge in [-0.25, -0.2) is 0 Å². The lowest BCUT2D eigenvalue weighted by atomic mass is 10.0. The van der Waals surface area contributed by atoms with E-state index in [-0.39, 0.29) is 18.5 Å². The van der Waals surface area contributed by atoms with Gasteiger partial charge in [-0.15, -0.1) is 0 Å². The molecule has 0 aromatic carbocycles. The molecule has 1 unspecified atom stereocenters. The van der Waals surface area contributed by atoms with Crippen LogP contribution in [0.3, 0.4) is 0 Å². The first-order valence-electron chi connectivity index (χ1n) is 14.0. The van der Waals surface area contributed by atoms with Crippen molar-refractivity contribution in [3.8, 4) is 0 Å². The van der Waals surface area contributed by atoms with Gasteiger partial charge in [-0.2, -0.15) is 0 Å². The van der Waals surface area contributed by atoms with Crippen LogP contribution in [-0.2, 0) is 14.3 Å². The van der Waals surface area contributed by atoms with Crippen LogP contribution in [-0.4, -0.2) is 23.1 Å². The highest BCUT2D eigenvalue weighted by Gasteiger charge is 2.14. The lowest BCUT2D eigenvalue weighted by Crippen LogP contribution is -2.18. The van der Waals surface area contributed by atoms with Crippen molar-refractivity contribution in [1.29, 1.82) is 0 Å². The van der Waals surface area contributed by atoms with Crippen molar-refractivity contribution >= 4 is 11.9 Å². The minimum absolute atomic E-state index is 0.0478. The molecule has 0 fully saturated rings. The van der Waals surface area contributed by atoms with Crippen LogP contribution in [0, 0.1) is 0 Å². The quantitative estimate of drug-likeness (QED) is 0.110. The number of carboxylic acids is 1. The molecular weight excluding hydrogens is 400 g/mol. The predicted octanol–water partition coefficient (Wildman–Crippen LogP) is 8.99. The number of carbonyl (C=O) groups is 2. The first kappa shape index (κ1) is 30.9. The highest BCUT2D eigenvalue weighted by Crippen LogP contribution is 2.18. The van der Waals surface area contributed by atoms with Crippen LogP contribution in [0.2, 0.25) is 0 Å². The monoisotopic (exact) mass is 454 g/mol. The van der Waals surface area contributed by atoms with Gasteiger partial charge in [-0.05, 0) is 38.5 Å². The Balaban J connectivity index is 4.02. The lowest BCUT2D eigenvalue weighted by molar-refractivity contribution is -0.150. The van der Waals surface area contributed by atoms with E-state index in [1.54, 1.807) is 0 Å². The molecule has 0 aromatic rings. The third kappa shape index (κ3) is 23.6. The Morgan fingerprint density at radius 2 is 0.938 bits per heavy atom. The summed E-state index contributed by atoms with van der Waals surface area (Å²) in [5.74, 6) is -0.938. The standard InChI is InChI=1S/C28H54O4/c1-3-5-7-9-11-12-13-15-17-19-23-26(22-18-16-14-10-8-6-4-2)32-28(31)25-21-20-24-27(29)30/h26H,3-25H2,1-2H3,(H,29,30). The van der Waals surface area contributed by atoms with Crippen LogP contribution in [0.4, 0.5) is 0 Å². The van der Waals surface area contributed by atoms with Gasteiger partial charge < -0.3 is 9.84 Å². The van der Waals surface area contributed by atoms with E-state index in [0.29, 0.717) is 19.3 Å². The highest BCUT2D eigenvalue weighted by atomic mass is 16.5. The molecule has 1 atom stereocenters. The second kappa shape index (κ2) is 24.6. The minimum Gasteiger partial charge on any atom is -0.481 e. The van der Waals surface area contributed by atoms with Gasteiger partial charge in [0.25, 0.3) is 0 Å². The molecule has 4 heteroatoms. The summed E-state index contributed by atoms with van der Waals surface area (Å²) in [4.78, 5) is 22.8. The largest absolute Gasteiger partial charge is 0.481 e. The molecule has 0 aromatic heterocycles. The Kier molecular flexibility index (Phi) is 23.8. The van der Waals surface area contributed by atoms with Gasteiger partial charge in [0.2, 0.25) is 0 Å². The molecule has 0 aliphatic rings. The van der Waals surface area contributed by atoms with Crippen LogP contribution in [0.25, 0.3) is 0 Å². The van der Waals surface area contributed by atoms with Gasteiger partial charge in [-0.1, -0.05) is 110 Å². The number of rotatable bonds is 25. The molecule has 190 valence electrons. The maximum atomic E-state index is 12.2. The third-order valence-corrected chi connectivity index (χ3v) is 6.33. The normalized spacial score (nSPS) is 12.1. The van der Waals surface area contributed by atoms with E-state index < -0.39 is 5.97 Å². The fourth-order valence-corrected chi connectivity index (χ4v) is 4.24. The number of carbonyl (C=O) groups excluding carboxylic acids is 1. The van der Waals surface area contributed by atoms with Crippen molar-refractivity contribution in [2.24, 2.45) is 0 Å². The van der Waals surface area contributed by atoms with Gasteiger partial charge in [0.05, 0.1) is 0 Å². The zero-order chi connectivity index (χ0) is 23.7. The molecule has 4 nitrogen and oxygen atoms in total. The van der Waals surface area contributed by atoms with Gasteiger partial charge >= 0.3 is 11.9 Å². The van der Waals surface area contributed by atoms with Gasteiger partial charge in [0.1, 0.15) is 6.10 Å². The smallest absolute Gasteiger partial charge is 0.306 e. The molecular formula is C28H54O4. The lowest BCUT2D eigenvalue weighted by Gasteiger charge is -2.18. The van der Waals surface area contributed by atoms with Crippen molar-refractivity contribution < 1.29 is 19.4 Å². The molecule has 0 amide bonds. The minimum atomic E-state index is -0.795. The topological polar surface area (TPSA) is 63.6 Å². The summed E-state index contributed by atoms with van der Waals surface area (Å²) in [5, 5.41) is 8.72. The number of hydrogen-bond donors (Lipinski definition) is 1.